The number of amides is 2. The summed E-state index contributed by atoms with van der Waals surface area (Å²) in [5.74, 6) is 2.90. The second-order valence-corrected chi connectivity index (χ2v) is 9.17. The van der Waals surface area contributed by atoms with Gasteiger partial charge in [-0.15, -0.1) is 0 Å². The maximum Gasteiger partial charge on any atom is 0.318 e. The van der Waals surface area contributed by atoms with Crippen LogP contribution in [0.3, 0.4) is 0 Å². The van der Waals surface area contributed by atoms with Crippen LogP contribution in [-0.2, 0) is 17.8 Å². The van der Waals surface area contributed by atoms with Crippen molar-refractivity contribution >= 4 is 12.3 Å². The molecule has 0 radical (unpaired) electrons. The number of likely N-dealkylation sites (N-methyl/N-ethyl adjacent to an activating group) is 1. The summed E-state index contributed by atoms with van der Waals surface area (Å²) in [5.41, 5.74) is 1.25. The summed E-state index contributed by atoms with van der Waals surface area (Å²) in [7, 11) is 6.49. The highest BCUT2D eigenvalue weighted by Crippen LogP contribution is 2.30. The number of carbonyl (C=O) groups excluding carboxylic acids is 2. The average molecular weight is 514 g/mol. The highest BCUT2D eigenvalue weighted by molar-refractivity contribution is 5.80. The average Bonchev–Trinajstić information content (AvgIpc) is 2.93. The molecule has 2 amide bonds. The van der Waals surface area contributed by atoms with E-state index in [9.17, 15) is 9.59 Å². The van der Waals surface area contributed by atoms with Crippen molar-refractivity contribution in [1.29, 1.82) is 0 Å². The van der Waals surface area contributed by atoms with Crippen LogP contribution < -0.4 is 24.3 Å². The maximum absolute atomic E-state index is 13.2. The zero-order chi connectivity index (χ0) is 26.8. The molecule has 3 rings (SSSR count). The predicted octanol–water partition coefficient (Wildman–Crippen LogP) is 3.53. The van der Waals surface area contributed by atoms with Gasteiger partial charge in [0.15, 0.2) is 0 Å². The van der Waals surface area contributed by atoms with Crippen molar-refractivity contribution in [2.75, 3.05) is 54.6 Å². The van der Waals surface area contributed by atoms with Gasteiger partial charge in [0, 0.05) is 44.9 Å². The SMILES string of the molecule is CCN(C(=O)NCCc1cc(OC)cc(OC)c1)C1(C=O)CCN(Cc2cc(OC)cc(OC)c2)CC1. The Morgan fingerprint density at radius 1 is 0.892 bits per heavy atom. The van der Waals surface area contributed by atoms with Crippen LogP contribution in [0.1, 0.15) is 30.9 Å². The first kappa shape index (κ1) is 28.1. The second-order valence-electron chi connectivity index (χ2n) is 9.17. The molecule has 2 aromatic carbocycles. The van der Waals surface area contributed by atoms with Gasteiger partial charge in [-0.1, -0.05) is 0 Å². The molecule has 1 heterocycles. The molecule has 37 heavy (non-hydrogen) atoms. The highest BCUT2D eigenvalue weighted by Gasteiger charge is 2.41. The van der Waals surface area contributed by atoms with E-state index in [0.717, 1.165) is 28.9 Å². The summed E-state index contributed by atoms with van der Waals surface area (Å²) < 4.78 is 21.4. The van der Waals surface area contributed by atoms with Crippen molar-refractivity contribution in [3.63, 3.8) is 0 Å². The van der Waals surface area contributed by atoms with E-state index in [1.165, 1.54) is 0 Å². The lowest BCUT2D eigenvalue weighted by molar-refractivity contribution is -0.119. The maximum atomic E-state index is 13.2. The fourth-order valence-corrected chi connectivity index (χ4v) is 4.85. The van der Waals surface area contributed by atoms with Crippen molar-refractivity contribution in [3.05, 3.63) is 47.5 Å². The second kappa shape index (κ2) is 13.2. The molecule has 0 saturated carbocycles. The molecular weight excluding hydrogens is 474 g/mol. The molecule has 202 valence electrons. The molecule has 1 aliphatic heterocycles. The highest BCUT2D eigenvalue weighted by atomic mass is 16.5. The van der Waals surface area contributed by atoms with Crippen LogP contribution in [0.2, 0.25) is 0 Å². The largest absolute Gasteiger partial charge is 0.497 e. The Kier molecular flexibility index (Phi) is 10.0. The number of nitrogens with one attached hydrogen (secondary N) is 1. The van der Waals surface area contributed by atoms with E-state index >= 15 is 0 Å². The summed E-state index contributed by atoms with van der Waals surface area (Å²) in [6.07, 6.45) is 2.72. The van der Waals surface area contributed by atoms with E-state index in [-0.39, 0.29) is 6.03 Å². The van der Waals surface area contributed by atoms with Crippen LogP contribution in [-0.4, -0.2) is 82.3 Å². The van der Waals surface area contributed by atoms with Crippen LogP contribution in [0, 0.1) is 0 Å². The summed E-state index contributed by atoms with van der Waals surface area (Å²) in [6, 6.07) is 11.3. The Labute approximate surface area is 219 Å². The number of likely N-dealkylation sites (tertiary alicyclic amines) is 1. The van der Waals surface area contributed by atoms with Crippen molar-refractivity contribution in [2.24, 2.45) is 0 Å². The molecule has 1 saturated heterocycles. The number of hydrogen-bond donors (Lipinski definition) is 1. The molecular formula is C28H39N3O6. The third-order valence-electron chi connectivity index (χ3n) is 6.96. The van der Waals surface area contributed by atoms with E-state index in [1.807, 2.05) is 43.3 Å². The third-order valence-corrected chi connectivity index (χ3v) is 6.96. The Morgan fingerprint density at radius 2 is 1.38 bits per heavy atom. The van der Waals surface area contributed by atoms with Gasteiger partial charge in [0.05, 0.1) is 28.4 Å². The first-order chi connectivity index (χ1) is 17.9. The van der Waals surface area contributed by atoms with Crippen molar-refractivity contribution in [2.45, 2.75) is 38.3 Å². The van der Waals surface area contributed by atoms with Crippen LogP contribution in [0.25, 0.3) is 0 Å². The quantitative estimate of drug-likeness (QED) is 0.434. The zero-order valence-electron chi connectivity index (χ0n) is 22.5. The molecule has 0 atom stereocenters. The van der Waals surface area contributed by atoms with Crippen LogP contribution in [0.15, 0.2) is 36.4 Å². The number of piperidine rings is 1. The Balaban J connectivity index is 1.59. The molecule has 9 heteroatoms. The standard InChI is InChI=1S/C28H39N3O6/c1-6-31(27(33)29-10-7-21-13-23(34-2)17-24(14-21)35-3)28(20-32)8-11-30(12-9-28)19-22-15-25(36-4)18-26(16-22)37-5/h13-18,20H,6-12,19H2,1-5H3,(H,29,33). The molecule has 1 aliphatic rings. The molecule has 0 aliphatic carbocycles. The number of ether oxygens (including phenoxy) is 4. The monoisotopic (exact) mass is 513 g/mol. The molecule has 0 spiro atoms. The number of carbonyl (C=O) groups is 2. The fraction of sp³-hybridized carbons (Fsp3) is 0.500. The molecule has 9 nitrogen and oxygen atoms in total. The van der Waals surface area contributed by atoms with Gasteiger partial charge in [-0.2, -0.15) is 0 Å². The van der Waals surface area contributed by atoms with Gasteiger partial charge in [-0.25, -0.2) is 4.79 Å². The van der Waals surface area contributed by atoms with Gasteiger partial charge in [0.2, 0.25) is 0 Å². The molecule has 1 N–H and O–H groups in total. The summed E-state index contributed by atoms with van der Waals surface area (Å²) >= 11 is 0. The topological polar surface area (TPSA) is 89.6 Å². The lowest BCUT2D eigenvalue weighted by atomic mass is 9.87. The lowest BCUT2D eigenvalue weighted by Gasteiger charge is -2.45. The minimum absolute atomic E-state index is 0.226. The zero-order valence-corrected chi connectivity index (χ0v) is 22.5. The molecule has 1 fully saturated rings. The van der Waals surface area contributed by atoms with E-state index < -0.39 is 5.54 Å². The van der Waals surface area contributed by atoms with Crippen LogP contribution in [0.4, 0.5) is 4.79 Å². The Bertz CT molecular complexity index is 1010. The normalized spacial score (nSPS) is 14.9. The molecule has 0 unspecified atom stereocenters. The summed E-state index contributed by atoms with van der Waals surface area (Å²) in [4.78, 5) is 29.5. The number of benzene rings is 2. The first-order valence-electron chi connectivity index (χ1n) is 12.6. The number of methoxy groups -OCH3 is 4. The van der Waals surface area contributed by atoms with E-state index in [0.29, 0.717) is 63.5 Å². The van der Waals surface area contributed by atoms with E-state index in [4.69, 9.17) is 18.9 Å². The number of rotatable bonds is 12. The van der Waals surface area contributed by atoms with Gasteiger partial charge >= 0.3 is 6.03 Å². The van der Waals surface area contributed by atoms with Crippen molar-refractivity contribution in [3.8, 4) is 23.0 Å². The Morgan fingerprint density at radius 3 is 1.81 bits per heavy atom. The third kappa shape index (κ3) is 7.07. The number of aldehydes is 1. The van der Waals surface area contributed by atoms with Gasteiger partial charge in [-0.3, -0.25) is 4.90 Å². The summed E-state index contributed by atoms with van der Waals surface area (Å²) in [5, 5.41) is 2.99. The van der Waals surface area contributed by atoms with Crippen LogP contribution in [0.5, 0.6) is 23.0 Å². The minimum atomic E-state index is -0.819. The van der Waals surface area contributed by atoms with Crippen LogP contribution >= 0.6 is 0 Å². The Hall–Kier alpha value is -3.46. The smallest absolute Gasteiger partial charge is 0.318 e. The number of nitrogens with zero attached hydrogens (tertiary/aromatic N) is 2. The van der Waals surface area contributed by atoms with Gasteiger partial charge in [0.1, 0.15) is 34.8 Å². The van der Waals surface area contributed by atoms with Crippen molar-refractivity contribution in [1.82, 2.24) is 15.1 Å². The fourth-order valence-electron chi connectivity index (χ4n) is 4.85. The first-order valence-corrected chi connectivity index (χ1v) is 12.6. The molecule has 2 aromatic rings. The van der Waals surface area contributed by atoms with Gasteiger partial charge in [-0.05, 0) is 61.6 Å². The molecule has 0 aromatic heterocycles. The number of urea groups is 1. The number of hydrogen-bond acceptors (Lipinski definition) is 7. The lowest BCUT2D eigenvalue weighted by Crippen LogP contribution is -2.60. The molecule has 0 bridgehead atoms. The van der Waals surface area contributed by atoms with Crippen molar-refractivity contribution < 1.29 is 28.5 Å². The predicted molar refractivity (Wildman–Crippen MR) is 142 cm³/mol. The van der Waals surface area contributed by atoms with E-state index in [1.54, 1.807) is 33.3 Å². The van der Waals surface area contributed by atoms with Gasteiger partial charge in [0.25, 0.3) is 0 Å². The minimum Gasteiger partial charge on any atom is -0.497 e. The summed E-state index contributed by atoms with van der Waals surface area (Å²) in [6.45, 7) is 4.91. The van der Waals surface area contributed by atoms with Gasteiger partial charge < -0.3 is 34.0 Å². The van der Waals surface area contributed by atoms with E-state index in [2.05, 4.69) is 10.2 Å².